The molecule has 0 aliphatic carbocycles. The first kappa shape index (κ1) is 27.6. The number of thiazole rings is 1. The van der Waals surface area contributed by atoms with Crippen LogP contribution in [-0.2, 0) is 9.53 Å². The van der Waals surface area contributed by atoms with E-state index in [9.17, 15) is 19.7 Å². The normalized spacial score (nSPS) is 15.1. The predicted molar refractivity (Wildman–Crippen MR) is 152 cm³/mol. The van der Waals surface area contributed by atoms with Gasteiger partial charge in [0.05, 0.1) is 43.4 Å². The van der Waals surface area contributed by atoms with Crippen molar-refractivity contribution in [3.8, 4) is 11.3 Å². The van der Waals surface area contributed by atoms with Crippen molar-refractivity contribution < 1.29 is 18.9 Å². The maximum Gasteiger partial charge on any atom is 0.338 e. The van der Waals surface area contributed by atoms with Gasteiger partial charge in [-0.2, -0.15) is 0 Å². The molecule has 0 fully saturated rings. The summed E-state index contributed by atoms with van der Waals surface area (Å²) >= 11 is 13.3. The number of aromatic nitrogens is 1. The number of furan rings is 1. The predicted octanol–water partition coefficient (Wildman–Crippen LogP) is 5.58. The molecule has 40 heavy (non-hydrogen) atoms. The number of nitro benzene ring substituents is 1. The summed E-state index contributed by atoms with van der Waals surface area (Å²) in [5.41, 5.74) is 1.50. The van der Waals surface area contributed by atoms with Crippen LogP contribution in [0, 0.1) is 17.0 Å². The lowest BCUT2D eigenvalue weighted by Crippen LogP contribution is -2.40. The Morgan fingerprint density at radius 1 is 1.18 bits per heavy atom. The molecule has 0 bridgehead atoms. The van der Waals surface area contributed by atoms with Gasteiger partial charge in [-0.3, -0.25) is 19.5 Å². The zero-order chi connectivity index (χ0) is 28.7. The molecule has 2 aromatic carbocycles. The Bertz CT molecular complexity index is 1900. The third-order valence-electron chi connectivity index (χ3n) is 6.37. The molecular weight excluding hydrogens is 577 g/mol. The first-order valence-electron chi connectivity index (χ1n) is 12.1. The van der Waals surface area contributed by atoms with Crippen LogP contribution in [0.1, 0.15) is 36.8 Å². The highest BCUT2D eigenvalue weighted by molar-refractivity contribution is 7.07. The molecule has 4 aromatic rings. The Morgan fingerprint density at radius 3 is 2.65 bits per heavy atom. The molecule has 1 aliphatic rings. The summed E-state index contributed by atoms with van der Waals surface area (Å²) in [4.78, 5) is 42.9. The zero-order valence-electron chi connectivity index (χ0n) is 21.4. The largest absolute Gasteiger partial charge is 0.463 e. The van der Waals surface area contributed by atoms with Gasteiger partial charge in [0.15, 0.2) is 4.80 Å². The molecule has 0 saturated heterocycles. The number of allylic oxidation sites excluding steroid dienone is 1. The van der Waals surface area contributed by atoms with E-state index in [1.807, 2.05) is 0 Å². The molecule has 5 rings (SSSR count). The number of fused-ring (bicyclic) bond motifs is 1. The molecule has 0 spiro atoms. The summed E-state index contributed by atoms with van der Waals surface area (Å²) in [6.07, 6.45) is 1.59. The molecule has 204 valence electrons. The fraction of sp³-hybridized carbons (Fsp3) is 0.179. The van der Waals surface area contributed by atoms with E-state index < -0.39 is 22.5 Å². The minimum Gasteiger partial charge on any atom is -0.463 e. The Hall–Kier alpha value is -3.99. The smallest absolute Gasteiger partial charge is 0.338 e. The average molecular weight is 598 g/mol. The molecule has 3 heterocycles. The molecule has 0 amide bonds. The number of aryl methyl sites for hydroxylation is 1. The van der Waals surface area contributed by atoms with Crippen molar-refractivity contribution in [3.63, 3.8) is 0 Å². The van der Waals surface area contributed by atoms with E-state index in [2.05, 4.69) is 4.99 Å². The molecule has 1 atom stereocenters. The van der Waals surface area contributed by atoms with Crippen LogP contribution >= 0.6 is 34.5 Å². The number of halogens is 2. The molecule has 2 aromatic heterocycles. The number of nitrogens with zero attached hydrogens (tertiary/aromatic N) is 3. The van der Waals surface area contributed by atoms with Gasteiger partial charge in [0.1, 0.15) is 11.5 Å². The Balaban J connectivity index is 1.66. The van der Waals surface area contributed by atoms with Crippen molar-refractivity contribution in [2.75, 3.05) is 6.61 Å². The average Bonchev–Trinajstić information content (AvgIpc) is 3.49. The summed E-state index contributed by atoms with van der Waals surface area (Å²) in [7, 11) is 0. The lowest BCUT2D eigenvalue weighted by Gasteiger charge is -2.24. The standard InChI is InChI=1S/C28H21Cl2N3O6S/c1-4-38-27(35)24-15(3)31-28-32(25(24)17-6-5-14(2)21(12-17)33(36)37)26(34)23(40-28)13-18-8-10-22(39-18)16-7-9-19(29)20(30)11-16/h5-13,25H,4H2,1-3H3/b23-13+/t25-/m0/s1. The number of ether oxygens (including phenoxy) is 1. The van der Waals surface area contributed by atoms with Gasteiger partial charge in [0, 0.05) is 23.3 Å². The van der Waals surface area contributed by atoms with Gasteiger partial charge in [-0.1, -0.05) is 46.7 Å². The Labute approximate surface area is 241 Å². The Morgan fingerprint density at radius 2 is 1.95 bits per heavy atom. The van der Waals surface area contributed by atoms with Crippen molar-refractivity contribution in [2.24, 2.45) is 4.99 Å². The highest BCUT2D eigenvalue weighted by atomic mass is 35.5. The van der Waals surface area contributed by atoms with E-state index in [-0.39, 0.29) is 17.9 Å². The number of carbonyl (C=O) groups is 1. The number of carbonyl (C=O) groups excluding carboxylic acids is 1. The van der Waals surface area contributed by atoms with Crippen molar-refractivity contribution >= 4 is 52.3 Å². The van der Waals surface area contributed by atoms with Crippen LogP contribution in [0.25, 0.3) is 17.4 Å². The molecule has 0 unspecified atom stereocenters. The monoisotopic (exact) mass is 597 g/mol. The quantitative estimate of drug-likeness (QED) is 0.163. The molecule has 9 nitrogen and oxygen atoms in total. The van der Waals surface area contributed by atoms with E-state index in [0.717, 1.165) is 11.3 Å². The second kappa shape index (κ2) is 10.9. The SMILES string of the molecule is CCOC(=O)C1=C(C)N=c2s/c(=C/c3ccc(-c4ccc(Cl)c(Cl)c4)o3)c(=O)n2[C@H]1c1ccc(C)c([N+](=O)[O-])c1. The van der Waals surface area contributed by atoms with Crippen LogP contribution in [0.4, 0.5) is 5.69 Å². The van der Waals surface area contributed by atoms with Crippen molar-refractivity contribution in [1.29, 1.82) is 0 Å². The summed E-state index contributed by atoms with van der Waals surface area (Å²) in [6.45, 7) is 5.05. The fourth-order valence-corrected chi connectivity index (χ4v) is 5.79. The third-order valence-corrected chi connectivity index (χ3v) is 8.09. The van der Waals surface area contributed by atoms with E-state index in [4.69, 9.17) is 32.4 Å². The lowest BCUT2D eigenvalue weighted by molar-refractivity contribution is -0.385. The number of benzene rings is 2. The second-order valence-corrected chi connectivity index (χ2v) is 10.8. The number of rotatable bonds is 6. The van der Waals surface area contributed by atoms with Gasteiger partial charge >= 0.3 is 5.97 Å². The number of esters is 1. The number of nitro groups is 1. The van der Waals surface area contributed by atoms with Crippen LogP contribution in [0.5, 0.6) is 0 Å². The second-order valence-electron chi connectivity index (χ2n) is 8.94. The summed E-state index contributed by atoms with van der Waals surface area (Å²) in [6, 6.07) is 12.2. The maximum absolute atomic E-state index is 13.8. The summed E-state index contributed by atoms with van der Waals surface area (Å²) in [5.74, 6) is 0.293. The van der Waals surface area contributed by atoms with Gasteiger partial charge < -0.3 is 9.15 Å². The van der Waals surface area contributed by atoms with Crippen LogP contribution in [0.3, 0.4) is 0 Å². The van der Waals surface area contributed by atoms with E-state index in [1.54, 1.807) is 69.3 Å². The van der Waals surface area contributed by atoms with Crippen molar-refractivity contribution in [2.45, 2.75) is 26.8 Å². The van der Waals surface area contributed by atoms with Crippen LogP contribution in [0.15, 0.2) is 74.0 Å². The molecule has 1 aliphatic heterocycles. The van der Waals surface area contributed by atoms with Crippen LogP contribution in [-0.4, -0.2) is 22.1 Å². The van der Waals surface area contributed by atoms with Crippen molar-refractivity contribution in [3.05, 3.63) is 117 Å². The van der Waals surface area contributed by atoms with Crippen molar-refractivity contribution in [1.82, 2.24) is 4.57 Å². The maximum atomic E-state index is 13.8. The highest BCUT2D eigenvalue weighted by Crippen LogP contribution is 2.34. The highest BCUT2D eigenvalue weighted by Gasteiger charge is 2.34. The molecule has 0 saturated carbocycles. The number of hydrogen-bond donors (Lipinski definition) is 0. The molecule has 0 N–H and O–H groups in total. The minimum atomic E-state index is -0.972. The van der Waals surface area contributed by atoms with Gasteiger partial charge in [-0.05, 0) is 56.7 Å². The van der Waals surface area contributed by atoms with Gasteiger partial charge in [-0.25, -0.2) is 9.79 Å². The summed E-state index contributed by atoms with van der Waals surface area (Å²) < 4.78 is 12.9. The first-order valence-corrected chi connectivity index (χ1v) is 13.7. The topological polar surface area (TPSA) is 117 Å². The zero-order valence-corrected chi connectivity index (χ0v) is 23.8. The third kappa shape index (κ3) is 5.01. The Kier molecular flexibility index (Phi) is 7.50. The fourth-order valence-electron chi connectivity index (χ4n) is 4.46. The van der Waals surface area contributed by atoms with E-state index in [0.29, 0.717) is 53.3 Å². The number of hydrogen-bond acceptors (Lipinski definition) is 8. The first-order chi connectivity index (χ1) is 19.1. The molecule has 12 heteroatoms. The van der Waals surface area contributed by atoms with Crippen LogP contribution < -0.4 is 14.9 Å². The van der Waals surface area contributed by atoms with Gasteiger partial charge in [0.2, 0.25) is 0 Å². The van der Waals surface area contributed by atoms with E-state index >= 15 is 0 Å². The van der Waals surface area contributed by atoms with E-state index in [1.165, 1.54) is 10.6 Å². The van der Waals surface area contributed by atoms with Crippen LogP contribution in [0.2, 0.25) is 10.0 Å². The minimum absolute atomic E-state index is 0.112. The molecule has 0 radical (unpaired) electrons. The van der Waals surface area contributed by atoms with Gasteiger partial charge in [0.25, 0.3) is 11.2 Å². The summed E-state index contributed by atoms with van der Waals surface area (Å²) in [5, 5.41) is 12.5. The lowest BCUT2D eigenvalue weighted by atomic mass is 9.94. The van der Waals surface area contributed by atoms with Gasteiger partial charge in [-0.15, -0.1) is 0 Å². The molecular formula is C28H21Cl2N3O6S.